The van der Waals surface area contributed by atoms with Crippen molar-refractivity contribution in [1.82, 2.24) is 19.5 Å². The van der Waals surface area contributed by atoms with Gasteiger partial charge < -0.3 is 4.74 Å². The first kappa shape index (κ1) is 14.5. The van der Waals surface area contributed by atoms with E-state index in [2.05, 4.69) is 20.3 Å². The van der Waals surface area contributed by atoms with Gasteiger partial charge in [0.2, 0.25) is 0 Å². The molecule has 0 aliphatic carbocycles. The Morgan fingerprint density at radius 3 is 2.79 bits per heavy atom. The molecule has 0 unspecified atom stereocenters. The number of aromatic nitrogens is 4. The van der Waals surface area contributed by atoms with Crippen LogP contribution in [0.15, 0.2) is 54.6 Å². The van der Waals surface area contributed by atoms with Gasteiger partial charge in [-0.15, -0.1) is 11.3 Å². The fourth-order valence-electron chi connectivity index (χ4n) is 2.53. The normalized spacial score (nSPS) is 10.9. The van der Waals surface area contributed by atoms with Gasteiger partial charge in [-0.25, -0.2) is 19.7 Å². The molecule has 0 atom stereocenters. The summed E-state index contributed by atoms with van der Waals surface area (Å²) in [4.78, 5) is 25.4. The number of methoxy groups -OCH3 is 1. The molecule has 0 radical (unpaired) electrons. The van der Waals surface area contributed by atoms with Crippen molar-refractivity contribution in [2.75, 3.05) is 7.11 Å². The van der Waals surface area contributed by atoms with Gasteiger partial charge >= 0.3 is 5.97 Å². The Kier molecular flexibility index (Phi) is 3.55. The van der Waals surface area contributed by atoms with Crippen molar-refractivity contribution in [1.29, 1.82) is 0 Å². The topological polar surface area (TPSA) is 69.9 Å². The highest BCUT2D eigenvalue weighted by atomic mass is 32.1. The van der Waals surface area contributed by atoms with Crippen LogP contribution < -0.4 is 0 Å². The summed E-state index contributed by atoms with van der Waals surface area (Å²) in [5.74, 6) is 0.204. The molecule has 0 bridgehead atoms. The van der Waals surface area contributed by atoms with Gasteiger partial charge in [0, 0.05) is 17.1 Å². The molecule has 1 aromatic carbocycles. The highest BCUT2D eigenvalue weighted by Crippen LogP contribution is 2.35. The maximum absolute atomic E-state index is 11.6. The summed E-state index contributed by atoms with van der Waals surface area (Å²) in [6.07, 6.45) is 4.68. The Balaban J connectivity index is 1.91. The van der Waals surface area contributed by atoms with Gasteiger partial charge in [0.1, 0.15) is 17.5 Å². The van der Waals surface area contributed by atoms with E-state index in [4.69, 9.17) is 4.74 Å². The predicted molar refractivity (Wildman–Crippen MR) is 91.3 cm³/mol. The van der Waals surface area contributed by atoms with E-state index >= 15 is 0 Å². The van der Waals surface area contributed by atoms with E-state index in [1.165, 1.54) is 13.4 Å². The van der Waals surface area contributed by atoms with Crippen LogP contribution in [0.3, 0.4) is 0 Å². The minimum absolute atomic E-state index is 0.237. The minimum atomic E-state index is -0.479. The van der Waals surface area contributed by atoms with Crippen LogP contribution in [0.1, 0.15) is 10.5 Å². The quantitative estimate of drug-likeness (QED) is 0.537. The lowest BCUT2D eigenvalue weighted by molar-refractivity contribution is 0.0594. The van der Waals surface area contributed by atoms with Crippen molar-refractivity contribution in [2.24, 2.45) is 0 Å². The van der Waals surface area contributed by atoms with Crippen molar-refractivity contribution in [3.8, 4) is 16.9 Å². The molecule has 6 nitrogen and oxygen atoms in total. The second-order valence-electron chi connectivity index (χ2n) is 5.05. The zero-order valence-corrected chi connectivity index (χ0v) is 13.5. The van der Waals surface area contributed by atoms with E-state index in [9.17, 15) is 4.79 Å². The van der Waals surface area contributed by atoms with Gasteiger partial charge in [-0.05, 0) is 5.56 Å². The van der Waals surface area contributed by atoms with Crippen molar-refractivity contribution >= 4 is 27.5 Å². The number of imidazole rings is 1. The average Bonchev–Trinajstić information content (AvgIpc) is 3.29. The molecule has 0 spiro atoms. The third-order valence-electron chi connectivity index (χ3n) is 3.66. The van der Waals surface area contributed by atoms with E-state index in [0.717, 1.165) is 21.3 Å². The maximum Gasteiger partial charge on any atom is 0.358 e. The number of rotatable bonds is 3. The zero-order valence-electron chi connectivity index (χ0n) is 12.7. The van der Waals surface area contributed by atoms with Crippen LogP contribution in [0.25, 0.3) is 27.2 Å². The Labute approximate surface area is 141 Å². The van der Waals surface area contributed by atoms with Gasteiger partial charge in [0.15, 0.2) is 11.5 Å². The van der Waals surface area contributed by atoms with Crippen LogP contribution in [-0.2, 0) is 4.74 Å². The third kappa shape index (κ3) is 2.35. The lowest BCUT2D eigenvalue weighted by atomic mass is 10.1. The third-order valence-corrected chi connectivity index (χ3v) is 4.54. The van der Waals surface area contributed by atoms with E-state index in [-0.39, 0.29) is 5.69 Å². The summed E-state index contributed by atoms with van der Waals surface area (Å²) < 4.78 is 6.42. The zero-order chi connectivity index (χ0) is 16.5. The van der Waals surface area contributed by atoms with Crippen LogP contribution in [0, 0.1) is 0 Å². The summed E-state index contributed by atoms with van der Waals surface area (Å²) in [7, 11) is 1.33. The lowest BCUT2D eigenvalue weighted by Gasteiger charge is -2.05. The van der Waals surface area contributed by atoms with Crippen molar-refractivity contribution in [2.45, 2.75) is 0 Å². The fraction of sp³-hybridized carbons (Fsp3) is 0.0588. The molecule has 0 saturated heterocycles. The smallest absolute Gasteiger partial charge is 0.358 e. The Morgan fingerprint density at radius 1 is 1.17 bits per heavy atom. The predicted octanol–water partition coefficient (Wildman–Crippen LogP) is 3.33. The average molecular weight is 336 g/mol. The summed E-state index contributed by atoms with van der Waals surface area (Å²) in [6.45, 7) is 0. The number of carbonyl (C=O) groups is 1. The van der Waals surface area contributed by atoms with Gasteiger partial charge in [0.25, 0.3) is 0 Å². The molecule has 0 amide bonds. The van der Waals surface area contributed by atoms with E-state index < -0.39 is 5.97 Å². The van der Waals surface area contributed by atoms with Crippen molar-refractivity contribution in [3.63, 3.8) is 0 Å². The van der Waals surface area contributed by atoms with Crippen LogP contribution >= 0.6 is 11.3 Å². The number of carbonyl (C=O) groups excluding carboxylic acids is 1. The molecule has 118 valence electrons. The Morgan fingerprint density at radius 2 is 2.00 bits per heavy atom. The molecule has 3 aromatic heterocycles. The number of nitrogens with zero attached hydrogens (tertiary/aromatic N) is 4. The second kappa shape index (κ2) is 5.86. The van der Waals surface area contributed by atoms with Gasteiger partial charge in [-0.2, -0.15) is 0 Å². The molecular formula is C17H12N4O2S. The minimum Gasteiger partial charge on any atom is -0.464 e. The van der Waals surface area contributed by atoms with Crippen molar-refractivity contribution < 1.29 is 9.53 Å². The van der Waals surface area contributed by atoms with Crippen LogP contribution in [0.5, 0.6) is 0 Å². The molecule has 0 fully saturated rings. The molecule has 0 N–H and O–H groups in total. The lowest BCUT2D eigenvalue weighted by Crippen LogP contribution is -2.01. The Bertz CT molecular complexity index is 1020. The molecule has 24 heavy (non-hydrogen) atoms. The monoisotopic (exact) mass is 336 g/mol. The first-order valence-corrected chi connectivity index (χ1v) is 8.06. The van der Waals surface area contributed by atoms with Gasteiger partial charge in [0.05, 0.1) is 12.5 Å². The molecule has 7 heteroatoms. The molecule has 4 rings (SSSR count). The van der Waals surface area contributed by atoms with E-state index in [1.807, 2.05) is 30.3 Å². The summed E-state index contributed by atoms with van der Waals surface area (Å²) >= 11 is 1.56. The summed E-state index contributed by atoms with van der Waals surface area (Å²) in [6, 6.07) is 10.1. The SMILES string of the molecule is COC(=O)c1cn(-c2ncnc3scc(-c4ccccc4)c23)cn1. The van der Waals surface area contributed by atoms with E-state index in [1.54, 1.807) is 28.4 Å². The summed E-state index contributed by atoms with van der Waals surface area (Å²) in [5, 5.41) is 3.00. The van der Waals surface area contributed by atoms with Gasteiger partial charge in [-0.3, -0.25) is 4.57 Å². The van der Waals surface area contributed by atoms with E-state index in [0.29, 0.717) is 5.82 Å². The number of thiophene rings is 1. The first-order valence-electron chi connectivity index (χ1n) is 7.18. The van der Waals surface area contributed by atoms with Crippen LogP contribution in [0.2, 0.25) is 0 Å². The number of esters is 1. The van der Waals surface area contributed by atoms with Crippen LogP contribution in [-0.4, -0.2) is 32.6 Å². The van der Waals surface area contributed by atoms with Crippen LogP contribution in [0.4, 0.5) is 0 Å². The van der Waals surface area contributed by atoms with Gasteiger partial charge in [-0.1, -0.05) is 30.3 Å². The number of benzene rings is 1. The Hall–Kier alpha value is -3.06. The number of hydrogen-bond acceptors (Lipinski definition) is 6. The standard InChI is InChI=1S/C17H12N4O2S/c1-23-17(22)13-7-21(10-20-13)15-14-12(11-5-3-2-4-6-11)8-24-16(14)19-9-18-15/h2-10H,1H3. The molecular weight excluding hydrogens is 324 g/mol. The highest BCUT2D eigenvalue weighted by molar-refractivity contribution is 7.17. The molecule has 0 aliphatic rings. The molecule has 3 heterocycles. The maximum atomic E-state index is 11.6. The number of hydrogen-bond donors (Lipinski definition) is 0. The molecule has 0 saturated carbocycles. The number of ether oxygens (including phenoxy) is 1. The fourth-order valence-corrected chi connectivity index (χ4v) is 3.44. The largest absolute Gasteiger partial charge is 0.464 e. The highest BCUT2D eigenvalue weighted by Gasteiger charge is 2.16. The number of fused-ring (bicyclic) bond motifs is 1. The summed E-state index contributed by atoms with van der Waals surface area (Å²) in [5.41, 5.74) is 2.38. The van der Waals surface area contributed by atoms with Crippen molar-refractivity contribution in [3.05, 3.63) is 60.3 Å². The molecule has 4 aromatic rings. The second-order valence-corrected chi connectivity index (χ2v) is 5.91. The first-order chi connectivity index (χ1) is 11.8. The molecule has 0 aliphatic heterocycles.